The number of nitrogens with one attached hydrogen (secondary N) is 2. The van der Waals surface area contributed by atoms with E-state index in [2.05, 4.69) is 21.8 Å². The van der Waals surface area contributed by atoms with Gasteiger partial charge in [-0.05, 0) is 69.1 Å². The van der Waals surface area contributed by atoms with Gasteiger partial charge in [0.15, 0.2) is 0 Å². The molecule has 2 heterocycles. The normalized spacial score (nSPS) is 16.4. The quantitative estimate of drug-likeness (QED) is 0.785. The van der Waals surface area contributed by atoms with Gasteiger partial charge in [0.05, 0.1) is 6.54 Å². The van der Waals surface area contributed by atoms with Gasteiger partial charge in [-0.3, -0.25) is 9.48 Å². The molecule has 0 aliphatic carbocycles. The van der Waals surface area contributed by atoms with Crippen LogP contribution in [0.2, 0.25) is 0 Å². The molecule has 1 saturated heterocycles. The number of nitrogens with zero attached hydrogens (tertiary/aromatic N) is 2. The molecule has 1 amide bonds. The van der Waals surface area contributed by atoms with Crippen molar-refractivity contribution in [2.75, 3.05) is 26.2 Å². The van der Waals surface area contributed by atoms with Gasteiger partial charge in [-0.1, -0.05) is 6.07 Å². The van der Waals surface area contributed by atoms with Gasteiger partial charge >= 0.3 is 0 Å². The van der Waals surface area contributed by atoms with E-state index >= 15 is 0 Å². The van der Waals surface area contributed by atoms with Gasteiger partial charge in [-0.15, -0.1) is 0 Å². The minimum atomic E-state index is -0.603. The summed E-state index contributed by atoms with van der Waals surface area (Å²) in [6.07, 6.45) is 5.06. The van der Waals surface area contributed by atoms with Crippen LogP contribution in [0.5, 0.6) is 5.75 Å². The molecular weight excluding hydrogens is 316 g/mol. The predicted octanol–water partition coefficient (Wildman–Crippen LogP) is 1.77. The Balaban J connectivity index is 1.57. The molecule has 2 N–H and O–H groups in total. The fraction of sp³-hybridized carbons (Fsp3) is 0.474. The second-order valence-electron chi connectivity index (χ2n) is 6.66. The highest BCUT2D eigenvalue weighted by Gasteiger charge is 2.41. The summed E-state index contributed by atoms with van der Waals surface area (Å²) in [5, 5.41) is 10.7. The van der Waals surface area contributed by atoms with Gasteiger partial charge in [-0.2, -0.15) is 5.10 Å². The zero-order valence-corrected chi connectivity index (χ0v) is 14.9. The SMILES string of the molecule is Cc1cc(C)cc(OCCNC(=O)C2(n3cccn3)CCNCC2)c1. The molecule has 25 heavy (non-hydrogen) atoms. The number of hydrogen-bond acceptors (Lipinski definition) is 4. The molecule has 1 aliphatic heterocycles. The molecule has 0 bridgehead atoms. The third-order valence-corrected chi connectivity index (χ3v) is 4.65. The van der Waals surface area contributed by atoms with Gasteiger partial charge in [0.1, 0.15) is 17.9 Å². The molecule has 0 spiro atoms. The van der Waals surface area contributed by atoms with Crippen LogP contribution in [0, 0.1) is 13.8 Å². The number of ether oxygens (including phenoxy) is 1. The maximum Gasteiger partial charge on any atom is 0.248 e. The van der Waals surface area contributed by atoms with Crippen molar-refractivity contribution in [3.05, 3.63) is 47.8 Å². The molecule has 0 saturated carbocycles. The molecular formula is C19H26N4O2. The van der Waals surface area contributed by atoms with Crippen molar-refractivity contribution in [2.24, 2.45) is 0 Å². The van der Waals surface area contributed by atoms with Crippen LogP contribution in [0.15, 0.2) is 36.7 Å². The Morgan fingerprint density at radius 2 is 2.00 bits per heavy atom. The first-order valence-corrected chi connectivity index (χ1v) is 8.80. The maximum absolute atomic E-state index is 12.9. The van der Waals surface area contributed by atoms with Gasteiger partial charge < -0.3 is 15.4 Å². The Morgan fingerprint density at radius 3 is 2.64 bits per heavy atom. The van der Waals surface area contributed by atoms with Crippen LogP contribution in [0.4, 0.5) is 0 Å². The van der Waals surface area contributed by atoms with E-state index in [1.807, 2.05) is 38.2 Å². The summed E-state index contributed by atoms with van der Waals surface area (Å²) in [6.45, 7) is 6.64. The predicted molar refractivity (Wildman–Crippen MR) is 96.7 cm³/mol. The van der Waals surface area contributed by atoms with Crippen molar-refractivity contribution < 1.29 is 9.53 Å². The standard InChI is InChI=1S/C19H26N4O2/c1-15-12-16(2)14-17(13-15)25-11-9-21-18(24)19(4-7-20-8-5-19)23-10-3-6-22-23/h3,6,10,12-14,20H,4-5,7-9,11H2,1-2H3,(H,21,24). The van der Waals surface area contributed by atoms with Crippen molar-refractivity contribution in [3.63, 3.8) is 0 Å². The van der Waals surface area contributed by atoms with E-state index in [0.29, 0.717) is 13.2 Å². The van der Waals surface area contributed by atoms with E-state index in [1.54, 1.807) is 10.9 Å². The van der Waals surface area contributed by atoms with Crippen LogP contribution >= 0.6 is 0 Å². The summed E-state index contributed by atoms with van der Waals surface area (Å²) < 4.78 is 7.58. The van der Waals surface area contributed by atoms with Crippen LogP contribution in [0.3, 0.4) is 0 Å². The van der Waals surface area contributed by atoms with Crippen molar-refractivity contribution in [1.29, 1.82) is 0 Å². The summed E-state index contributed by atoms with van der Waals surface area (Å²) in [7, 11) is 0. The van der Waals surface area contributed by atoms with E-state index in [-0.39, 0.29) is 5.91 Å². The first kappa shape index (κ1) is 17.5. The van der Waals surface area contributed by atoms with E-state index in [1.165, 1.54) is 11.1 Å². The minimum Gasteiger partial charge on any atom is -0.492 e. The Hall–Kier alpha value is -2.34. The lowest BCUT2D eigenvalue weighted by Gasteiger charge is -2.36. The van der Waals surface area contributed by atoms with E-state index in [4.69, 9.17) is 4.74 Å². The highest BCUT2D eigenvalue weighted by Crippen LogP contribution is 2.27. The molecule has 0 unspecified atom stereocenters. The summed E-state index contributed by atoms with van der Waals surface area (Å²) in [6, 6.07) is 7.99. The van der Waals surface area contributed by atoms with Crippen LogP contribution in [-0.4, -0.2) is 41.9 Å². The first-order valence-electron chi connectivity index (χ1n) is 8.80. The fourth-order valence-corrected chi connectivity index (χ4v) is 3.44. The number of rotatable bonds is 6. The van der Waals surface area contributed by atoms with Crippen LogP contribution in [0.25, 0.3) is 0 Å². The molecule has 1 aromatic carbocycles. The molecule has 0 radical (unpaired) electrons. The molecule has 0 atom stereocenters. The van der Waals surface area contributed by atoms with Gasteiger partial charge in [-0.25, -0.2) is 0 Å². The summed E-state index contributed by atoms with van der Waals surface area (Å²) in [5.74, 6) is 0.858. The maximum atomic E-state index is 12.9. The Morgan fingerprint density at radius 1 is 1.28 bits per heavy atom. The monoisotopic (exact) mass is 342 g/mol. The number of carbonyl (C=O) groups excluding carboxylic acids is 1. The van der Waals surface area contributed by atoms with Gasteiger partial charge in [0.2, 0.25) is 5.91 Å². The average molecular weight is 342 g/mol. The lowest BCUT2D eigenvalue weighted by molar-refractivity contribution is -0.132. The molecule has 134 valence electrons. The third kappa shape index (κ3) is 4.02. The Bertz CT molecular complexity index is 686. The first-order chi connectivity index (χ1) is 12.1. The number of piperidine rings is 1. The number of hydrogen-bond donors (Lipinski definition) is 2. The van der Waals surface area contributed by atoms with Crippen molar-refractivity contribution in [2.45, 2.75) is 32.2 Å². The molecule has 6 heteroatoms. The lowest BCUT2D eigenvalue weighted by Crippen LogP contribution is -2.55. The second-order valence-corrected chi connectivity index (χ2v) is 6.66. The largest absolute Gasteiger partial charge is 0.492 e. The minimum absolute atomic E-state index is 0.0155. The highest BCUT2D eigenvalue weighted by molar-refractivity contribution is 5.84. The number of benzene rings is 1. The van der Waals surface area contributed by atoms with Gasteiger partial charge in [0, 0.05) is 12.4 Å². The van der Waals surface area contributed by atoms with Gasteiger partial charge in [0.25, 0.3) is 0 Å². The lowest BCUT2D eigenvalue weighted by atomic mass is 9.87. The van der Waals surface area contributed by atoms with E-state index in [0.717, 1.165) is 31.7 Å². The van der Waals surface area contributed by atoms with Crippen LogP contribution in [-0.2, 0) is 10.3 Å². The summed E-state index contributed by atoms with van der Waals surface area (Å²) >= 11 is 0. The van der Waals surface area contributed by atoms with Crippen molar-refractivity contribution in [1.82, 2.24) is 20.4 Å². The van der Waals surface area contributed by atoms with Crippen molar-refractivity contribution >= 4 is 5.91 Å². The summed E-state index contributed by atoms with van der Waals surface area (Å²) in [4.78, 5) is 12.9. The number of aryl methyl sites for hydroxylation is 2. The van der Waals surface area contributed by atoms with Crippen LogP contribution in [0.1, 0.15) is 24.0 Å². The summed E-state index contributed by atoms with van der Waals surface area (Å²) in [5.41, 5.74) is 1.74. The number of carbonyl (C=O) groups is 1. The highest BCUT2D eigenvalue weighted by atomic mass is 16.5. The van der Waals surface area contributed by atoms with E-state index in [9.17, 15) is 4.79 Å². The molecule has 2 aromatic rings. The topological polar surface area (TPSA) is 68.2 Å². The second kappa shape index (κ2) is 7.70. The number of aromatic nitrogens is 2. The smallest absolute Gasteiger partial charge is 0.248 e. The van der Waals surface area contributed by atoms with Crippen molar-refractivity contribution in [3.8, 4) is 5.75 Å². The van der Waals surface area contributed by atoms with E-state index < -0.39 is 5.54 Å². The molecule has 3 rings (SSSR count). The zero-order valence-electron chi connectivity index (χ0n) is 14.9. The molecule has 6 nitrogen and oxygen atoms in total. The molecule has 1 aromatic heterocycles. The van der Waals surface area contributed by atoms with Crippen LogP contribution < -0.4 is 15.4 Å². The average Bonchev–Trinajstić information content (AvgIpc) is 3.13. The molecule has 1 fully saturated rings. The fourth-order valence-electron chi connectivity index (χ4n) is 3.44. The Kier molecular flexibility index (Phi) is 5.38. The molecule has 1 aliphatic rings. The Labute approximate surface area is 148 Å². The zero-order chi connectivity index (χ0) is 17.7. The number of amides is 1. The third-order valence-electron chi connectivity index (χ3n) is 4.65.